The monoisotopic (exact) mass is 238 g/mol. The number of hydrogen-bond donors (Lipinski definition) is 1. The first-order valence-corrected chi connectivity index (χ1v) is 6.41. The molecule has 3 heteroatoms. The van der Waals surface area contributed by atoms with E-state index in [-0.39, 0.29) is 5.82 Å². The van der Waals surface area contributed by atoms with Gasteiger partial charge in [-0.2, -0.15) is 0 Å². The lowest BCUT2D eigenvalue weighted by Crippen LogP contribution is -2.35. The van der Waals surface area contributed by atoms with Gasteiger partial charge in [0.2, 0.25) is 0 Å². The Morgan fingerprint density at radius 2 is 2.12 bits per heavy atom. The Labute approximate surface area is 104 Å². The van der Waals surface area contributed by atoms with Gasteiger partial charge in [0.25, 0.3) is 0 Å². The third-order valence-electron chi connectivity index (χ3n) is 3.04. The van der Waals surface area contributed by atoms with Crippen molar-refractivity contribution in [3.63, 3.8) is 0 Å². The summed E-state index contributed by atoms with van der Waals surface area (Å²) in [5.41, 5.74) is 0.957. The van der Waals surface area contributed by atoms with Gasteiger partial charge in [0, 0.05) is 31.4 Å². The summed E-state index contributed by atoms with van der Waals surface area (Å²) in [7, 11) is 0. The highest BCUT2D eigenvalue weighted by atomic mass is 19.1. The fraction of sp³-hybridized carbons (Fsp3) is 0.571. The van der Waals surface area contributed by atoms with Crippen molar-refractivity contribution in [3.05, 3.63) is 30.1 Å². The molecule has 1 atom stereocenters. The standard InChI is InChI=1S/C14H23FN2/c1-4-12(3)16-9-10-17(5-2)14-8-6-7-13(15)11-14/h6-8,11-12,16H,4-5,9-10H2,1-3H3. The van der Waals surface area contributed by atoms with E-state index in [2.05, 4.69) is 31.0 Å². The van der Waals surface area contributed by atoms with Crippen molar-refractivity contribution in [2.24, 2.45) is 0 Å². The zero-order valence-corrected chi connectivity index (χ0v) is 11.0. The fourth-order valence-electron chi connectivity index (χ4n) is 1.73. The number of likely N-dealkylation sites (N-methyl/N-ethyl adjacent to an activating group) is 1. The second-order valence-corrected chi connectivity index (χ2v) is 4.32. The first kappa shape index (κ1) is 14.0. The van der Waals surface area contributed by atoms with Crippen LogP contribution in [-0.4, -0.2) is 25.7 Å². The van der Waals surface area contributed by atoms with Gasteiger partial charge in [-0.05, 0) is 38.5 Å². The highest BCUT2D eigenvalue weighted by Crippen LogP contribution is 2.14. The summed E-state index contributed by atoms with van der Waals surface area (Å²) in [6.07, 6.45) is 1.13. The van der Waals surface area contributed by atoms with Crippen LogP contribution >= 0.6 is 0 Å². The van der Waals surface area contributed by atoms with E-state index in [1.54, 1.807) is 12.1 Å². The van der Waals surface area contributed by atoms with Gasteiger partial charge < -0.3 is 10.2 Å². The normalized spacial score (nSPS) is 12.5. The summed E-state index contributed by atoms with van der Waals surface area (Å²) in [6, 6.07) is 7.33. The maximum atomic E-state index is 13.1. The molecule has 1 rings (SSSR count). The van der Waals surface area contributed by atoms with Crippen molar-refractivity contribution in [1.82, 2.24) is 5.32 Å². The van der Waals surface area contributed by atoms with Gasteiger partial charge in [-0.1, -0.05) is 13.0 Å². The second-order valence-electron chi connectivity index (χ2n) is 4.32. The van der Waals surface area contributed by atoms with E-state index in [0.717, 1.165) is 31.7 Å². The zero-order valence-electron chi connectivity index (χ0n) is 11.0. The molecule has 0 aliphatic carbocycles. The first-order chi connectivity index (χ1) is 8.17. The van der Waals surface area contributed by atoms with Crippen LogP contribution in [0.3, 0.4) is 0 Å². The molecule has 0 aliphatic heterocycles. The molecular weight excluding hydrogens is 215 g/mol. The molecular formula is C14H23FN2. The van der Waals surface area contributed by atoms with Crippen molar-refractivity contribution < 1.29 is 4.39 Å². The Balaban J connectivity index is 2.48. The molecule has 0 spiro atoms. The number of nitrogens with zero attached hydrogens (tertiary/aromatic N) is 1. The van der Waals surface area contributed by atoms with E-state index in [4.69, 9.17) is 0 Å². The average Bonchev–Trinajstić information content (AvgIpc) is 2.34. The smallest absolute Gasteiger partial charge is 0.125 e. The Kier molecular flexibility index (Phi) is 5.98. The molecule has 2 nitrogen and oxygen atoms in total. The van der Waals surface area contributed by atoms with E-state index in [1.165, 1.54) is 6.07 Å². The van der Waals surface area contributed by atoms with Gasteiger partial charge in [0.05, 0.1) is 0 Å². The highest BCUT2D eigenvalue weighted by molar-refractivity contribution is 5.46. The fourth-order valence-corrected chi connectivity index (χ4v) is 1.73. The van der Waals surface area contributed by atoms with Crippen molar-refractivity contribution >= 4 is 5.69 Å². The van der Waals surface area contributed by atoms with E-state index in [0.29, 0.717) is 6.04 Å². The largest absolute Gasteiger partial charge is 0.370 e. The minimum atomic E-state index is -0.171. The molecule has 0 heterocycles. The quantitative estimate of drug-likeness (QED) is 0.785. The van der Waals surface area contributed by atoms with Crippen LogP contribution in [0.25, 0.3) is 0 Å². The summed E-state index contributed by atoms with van der Waals surface area (Å²) >= 11 is 0. The lowest BCUT2D eigenvalue weighted by molar-refractivity contribution is 0.534. The predicted molar refractivity (Wildman–Crippen MR) is 72.0 cm³/mol. The third kappa shape index (κ3) is 4.73. The molecule has 17 heavy (non-hydrogen) atoms. The van der Waals surface area contributed by atoms with Crippen molar-refractivity contribution in [3.8, 4) is 0 Å². The lowest BCUT2D eigenvalue weighted by atomic mass is 10.2. The molecule has 96 valence electrons. The van der Waals surface area contributed by atoms with Gasteiger partial charge in [0.15, 0.2) is 0 Å². The van der Waals surface area contributed by atoms with E-state index >= 15 is 0 Å². The van der Waals surface area contributed by atoms with Crippen LogP contribution in [0.1, 0.15) is 27.2 Å². The molecule has 1 N–H and O–H groups in total. The summed E-state index contributed by atoms with van der Waals surface area (Å²) < 4.78 is 13.1. The first-order valence-electron chi connectivity index (χ1n) is 6.41. The van der Waals surface area contributed by atoms with Crippen LogP contribution < -0.4 is 10.2 Å². The number of rotatable bonds is 7. The molecule has 0 saturated carbocycles. The molecule has 0 aliphatic rings. The molecule has 0 amide bonds. The molecule has 1 aromatic carbocycles. The average molecular weight is 238 g/mol. The summed E-state index contributed by atoms with van der Waals surface area (Å²) in [6.45, 7) is 9.17. The van der Waals surface area contributed by atoms with Crippen LogP contribution in [0.5, 0.6) is 0 Å². The van der Waals surface area contributed by atoms with Crippen LogP contribution in [-0.2, 0) is 0 Å². The SMILES string of the molecule is CCC(C)NCCN(CC)c1cccc(F)c1. The van der Waals surface area contributed by atoms with Gasteiger partial charge in [-0.25, -0.2) is 4.39 Å². The van der Waals surface area contributed by atoms with Crippen LogP contribution in [0.2, 0.25) is 0 Å². The summed E-state index contributed by atoms with van der Waals surface area (Å²) in [4.78, 5) is 2.18. The topological polar surface area (TPSA) is 15.3 Å². The van der Waals surface area contributed by atoms with E-state index in [1.807, 2.05) is 6.07 Å². The Hall–Kier alpha value is -1.09. The van der Waals surface area contributed by atoms with Crippen LogP contribution in [0.15, 0.2) is 24.3 Å². The molecule has 0 saturated heterocycles. The van der Waals surface area contributed by atoms with Crippen molar-refractivity contribution in [2.45, 2.75) is 33.2 Å². The Bertz CT molecular complexity index is 328. The number of halogens is 1. The maximum Gasteiger partial charge on any atom is 0.125 e. The Morgan fingerprint density at radius 1 is 1.35 bits per heavy atom. The van der Waals surface area contributed by atoms with E-state index in [9.17, 15) is 4.39 Å². The number of anilines is 1. The minimum Gasteiger partial charge on any atom is -0.370 e. The molecule has 0 aromatic heterocycles. The van der Waals surface area contributed by atoms with Crippen LogP contribution in [0, 0.1) is 5.82 Å². The number of hydrogen-bond acceptors (Lipinski definition) is 2. The van der Waals surface area contributed by atoms with E-state index < -0.39 is 0 Å². The molecule has 0 radical (unpaired) electrons. The lowest BCUT2D eigenvalue weighted by Gasteiger charge is -2.24. The second kappa shape index (κ2) is 7.28. The van der Waals surface area contributed by atoms with Crippen molar-refractivity contribution in [1.29, 1.82) is 0 Å². The van der Waals surface area contributed by atoms with Gasteiger partial charge >= 0.3 is 0 Å². The maximum absolute atomic E-state index is 13.1. The molecule has 1 unspecified atom stereocenters. The number of benzene rings is 1. The zero-order chi connectivity index (χ0) is 12.7. The third-order valence-corrected chi connectivity index (χ3v) is 3.04. The van der Waals surface area contributed by atoms with Crippen molar-refractivity contribution in [2.75, 3.05) is 24.5 Å². The molecule has 0 bridgehead atoms. The van der Waals surface area contributed by atoms with Crippen LogP contribution in [0.4, 0.5) is 10.1 Å². The summed E-state index contributed by atoms with van der Waals surface area (Å²) in [5.74, 6) is -0.171. The molecule has 0 fully saturated rings. The number of nitrogens with one attached hydrogen (secondary N) is 1. The van der Waals surface area contributed by atoms with Gasteiger partial charge in [0.1, 0.15) is 5.82 Å². The van der Waals surface area contributed by atoms with Gasteiger partial charge in [-0.15, -0.1) is 0 Å². The summed E-state index contributed by atoms with van der Waals surface area (Å²) in [5, 5.41) is 3.45. The highest BCUT2D eigenvalue weighted by Gasteiger charge is 2.05. The Morgan fingerprint density at radius 3 is 2.71 bits per heavy atom. The minimum absolute atomic E-state index is 0.171. The van der Waals surface area contributed by atoms with Gasteiger partial charge in [-0.3, -0.25) is 0 Å². The molecule has 1 aromatic rings. The predicted octanol–water partition coefficient (Wildman–Crippen LogP) is 3.04.